The highest BCUT2D eigenvalue weighted by Crippen LogP contribution is 2.23. The molecule has 0 bridgehead atoms. The summed E-state index contributed by atoms with van der Waals surface area (Å²) in [5.74, 6) is -0.989. The number of likely N-dealkylation sites (tertiary alicyclic amines) is 1. The van der Waals surface area contributed by atoms with Crippen molar-refractivity contribution in [2.24, 2.45) is 0 Å². The fraction of sp³-hybridized carbons (Fsp3) is 0.316. The highest BCUT2D eigenvalue weighted by molar-refractivity contribution is 7.88. The molecule has 26 heavy (non-hydrogen) atoms. The van der Waals surface area contributed by atoms with Gasteiger partial charge in [0, 0.05) is 19.1 Å². The molecule has 0 aliphatic carbocycles. The molecular weight excluding hydrogens is 355 g/mol. The molecule has 1 aliphatic heterocycles. The van der Waals surface area contributed by atoms with Crippen molar-refractivity contribution < 1.29 is 17.6 Å². The summed E-state index contributed by atoms with van der Waals surface area (Å²) in [6.45, 7) is 0.729. The van der Waals surface area contributed by atoms with E-state index >= 15 is 0 Å². The summed E-state index contributed by atoms with van der Waals surface area (Å²) < 4.78 is 39.9. The summed E-state index contributed by atoms with van der Waals surface area (Å²) >= 11 is 0. The number of nitrogens with zero attached hydrogens (tertiary/aromatic N) is 1. The molecule has 2 aromatic rings. The van der Waals surface area contributed by atoms with Crippen LogP contribution in [0, 0.1) is 5.82 Å². The third-order valence-electron chi connectivity index (χ3n) is 4.40. The molecule has 138 valence electrons. The van der Waals surface area contributed by atoms with Gasteiger partial charge in [-0.15, -0.1) is 0 Å². The molecule has 1 saturated heterocycles. The minimum atomic E-state index is -3.34. The summed E-state index contributed by atoms with van der Waals surface area (Å²) in [5.41, 5.74) is 1.58. The highest BCUT2D eigenvalue weighted by Gasteiger charge is 2.27. The highest BCUT2D eigenvalue weighted by atomic mass is 32.2. The van der Waals surface area contributed by atoms with Crippen LogP contribution in [0.15, 0.2) is 48.5 Å². The van der Waals surface area contributed by atoms with Gasteiger partial charge in [0.25, 0.3) is 5.91 Å². The van der Waals surface area contributed by atoms with Gasteiger partial charge in [-0.25, -0.2) is 17.5 Å². The van der Waals surface area contributed by atoms with Crippen molar-refractivity contribution in [3.05, 3.63) is 59.9 Å². The van der Waals surface area contributed by atoms with E-state index < -0.39 is 21.7 Å². The minimum absolute atomic E-state index is 0.00434. The summed E-state index contributed by atoms with van der Waals surface area (Å²) in [6, 6.07) is 13.6. The maximum atomic E-state index is 14.6. The van der Waals surface area contributed by atoms with E-state index in [1.54, 1.807) is 6.07 Å². The van der Waals surface area contributed by atoms with Crippen LogP contribution in [-0.2, 0) is 10.0 Å². The number of rotatable bonds is 4. The van der Waals surface area contributed by atoms with Crippen molar-refractivity contribution in [2.45, 2.75) is 18.9 Å². The molecular formula is C19H21FN2O3S. The SMILES string of the molecule is CS(=O)(=O)N[C@@H]1CCCN(C(=O)c2ccc(-c3ccccc3)cc2F)C1. The smallest absolute Gasteiger partial charge is 0.256 e. The predicted octanol–water partition coefficient (Wildman–Crippen LogP) is 2.65. The van der Waals surface area contributed by atoms with Crippen LogP contribution in [0.5, 0.6) is 0 Å². The lowest BCUT2D eigenvalue weighted by Gasteiger charge is -2.32. The van der Waals surface area contributed by atoms with Crippen molar-refractivity contribution >= 4 is 15.9 Å². The Kier molecular flexibility index (Phi) is 5.38. The van der Waals surface area contributed by atoms with Crippen LogP contribution in [0.3, 0.4) is 0 Å². The van der Waals surface area contributed by atoms with E-state index in [9.17, 15) is 17.6 Å². The number of hydrogen-bond donors (Lipinski definition) is 1. The van der Waals surface area contributed by atoms with Crippen molar-refractivity contribution in [3.8, 4) is 11.1 Å². The second-order valence-electron chi connectivity index (χ2n) is 6.54. The predicted molar refractivity (Wildman–Crippen MR) is 98.7 cm³/mol. The number of halogens is 1. The maximum Gasteiger partial charge on any atom is 0.256 e. The van der Waals surface area contributed by atoms with Crippen LogP contribution in [0.1, 0.15) is 23.2 Å². The van der Waals surface area contributed by atoms with E-state index in [0.717, 1.165) is 11.8 Å². The second-order valence-corrected chi connectivity index (χ2v) is 8.32. The monoisotopic (exact) mass is 376 g/mol. The molecule has 2 aromatic carbocycles. The number of benzene rings is 2. The zero-order valence-electron chi connectivity index (χ0n) is 14.5. The van der Waals surface area contributed by atoms with Crippen molar-refractivity contribution in [1.82, 2.24) is 9.62 Å². The first-order chi connectivity index (χ1) is 12.3. The van der Waals surface area contributed by atoms with Crippen LogP contribution in [0.4, 0.5) is 4.39 Å². The fourth-order valence-corrected chi connectivity index (χ4v) is 4.03. The summed E-state index contributed by atoms with van der Waals surface area (Å²) in [6.07, 6.45) is 2.42. The molecule has 5 nitrogen and oxygen atoms in total. The molecule has 1 N–H and O–H groups in total. The lowest BCUT2D eigenvalue weighted by Crippen LogP contribution is -2.49. The zero-order valence-corrected chi connectivity index (χ0v) is 15.3. The third kappa shape index (κ3) is 4.47. The normalized spacial score (nSPS) is 17.9. The third-order valence-corrected chi connectivity index (χ3v) is 5.16. The minimum Gasteiger partial charge on any atom is -0.337 e. The van der Waals surface area contributed by atoms with Gasteiger partial charge in [-0.1, -0.05) is 36.4 Å². The first-order valence-corrected chi connectivity index (χ1v) is 10.3. The Labute approximate surface area is 152 Å². The number of hydrogen-bond acceptors (Lipinski definition) is 3. The first kappa shape index (κ1) is 18.5. The molecule has 0 spiro atoms. The summed E-state index contributed by atoms with van der Waals surface area (Å²) in [4.78, 5) is 14.2. The summed E-state index contributed by atoms with van der Waals surface area (Å²) in [7, 11) is -3.34. The number of carbonyl (C=O) groups is 1. The molecule has 1 fully saturated rings. The number of nitrogens with one attached hydrogen (secondary N) is 1. The molecule has 1 aliphatic rings. The number of sulfonamides is 1. The Morgan fingerprint density at radius 2 is 1.88 bits per heavy atom. The standard InChI is InChI=1S/C19H21FN2O3S/c1-26(24,25)21-16-8-5-11-22(13-16)19(23)17-10-9-15(12-18(17)20)14-6-3-2-4-7-14/h2-4,6-7,9-10,12,16,21H,5,8,11,13H2,1H3/t16-/m1/s1. The topological polar surface area (TPSA) is 66.5 Å². The average molecular weight is 376 g/mol. The van der Waals surface area contributed by atoms with E-state index in [2.05, 4.69) is 4.72 Å². The van der Waals surface area contributed by atoms with Crippen LogP contribution in [0.25, 0.3) is 11.1 Å². The average Bonchev–Trinajstić information content (AvgIpc) is 2.60. The Morgan fingerprint density at radius 1 is 1.15 bits per heavy atom. The lowest BCUT2D eigenvalue weighted by molar-refractivity contribution is 0.0698. The quantitative estimate of drug-likeness (QED) is 0.892. The van der Waals surface area contributed by atoms with Crippen molar-refractivity contribution in [2.75, 3.05) is 19.3 Å². The van der Waals surface area contributed by atoms with Crippen molar-refractivity contribution in [1.29, 1.82) is 0 Å². The Bertz CT molecular complexity index is 900. The molecule has 0 radical (unpaired) electrons. The maximum absolute atomic E-state index is 14.6. The molecule has 0 unspecified atom stereocenters. The molecule has 3 rings (SSSR count). The number of carbonyl (C=O) groups excluding carboxylic acids is 1. The van der Waals surface area contributed by atoms with Crippen LogP contribution < -0.4 is 4.72 Å². The van der Waals surface area contributed by atoms with E-state index in [1.807, 2.05) is 30.3 Å². The number of piperidine rings is 1. The molecule has 1 amide bonds. The van der Waals surface area contributed by atoms with Crippen LogP contribution in [0.2, 0.25) is 0 Å². The van der Waals surface area contributed by atoms with E-state index in [1.165, 1.54) is 17.0 Å². The Morgan fingerprint density at radius 3 is 2.54 bits per heavy atom. The van der Waals surface area contributed by atoms with Gasteiger partial charge in [0.15, 0.2) is 0 Å². The number of amides is 1. The largest absolute Gasteiger partial charge is 0.337 e. The molecule has 0 saturated carbocycles. The Hall–Kier alpha value is -2.25. The molecule has 7 heteroatoms. The molecule has 0 aromatic heterocycles. The van der Waals surface area contributed by atoms with Crippen LogP contribution in [-0.4, -0.2) is 44.6 Å². The van der Waals surface area contributed by atoms with Gasteiger partial charge < -0.3 is 4.90 Å². The van der Waals surface area contributed by atoms with Gasteiger partial charge in [0.1, 0.15) is 5.82 Å². The van der Waals surface area contributed by atoms with E-state index in [4.69, 9.17) is 0 Å². The van der Waals surface area contributed by atoms with E-state index in [0.29, 0.717) is 24.9 Å². The van der Waals surface area contributed by atoms with Gasteiger partial charge in [-0.3, -0.25) is 4.79 Å². The lowest BCUT2D eigenvalue weighted by atomic mass is 10.0. The zero-order chi connectivity index (χ0) is 18.7. The van der Waals surface area contributed by atoms with Gasteiger partial charge in [-0.05, 0) is 36.1 Å². The molecule has 1 atom stereocenters. The first-order valence-electron chi connectivity index (χ1n) is 8.45. The van der Waals surface area contributed by atoms with Crippen LogP contribution >= 0.6 is 0 Å². The van der Waals surface area contributed by atoms with Gasteiger partial charge in [0.05, 0.1) is 11.8 Å². The van der Waals surface area contributed by atoms with E-state index in [-0.39, 0.29) is 18.2 Å². The van der Waals surface area contributed by atoms with Gasteiger partial charge in [-0.2, -0.15) is 0 Å². The Balaban J connectivity index is 1.77. The van der Waals surface area contributed by atoms with Gasteiger partial charge >= 0.3 is 0 Å². The fourth-order valence-electron chi connectivity index (χ4n) is 3.23. The van der Waals surface area contributed by atoms with Gasteiger partial charge in [0.2, 0.25) is 10.0 Å². The van der Waals surface area contributed by atoms with Crippen molar-refractivity contribution in [3.63, 3.8) is 0 Å². The second kappa shape index (κ2) is 7.55. The molecule has 1 heterocycles. The summed E-state index contributed by atoms with van der Waals surface area (Å²) in [5, 5.41) is 0.